The molecule has 648 valence electrons. The van der Waals surface area contributed by atoms with Gasteiger partial charge in [0.25, 0.3) is 0 Å². The summed E-state index contributed by atoms with van der Waals surface area (Å²) in [5, 5.41) is 11.1. The second-order valence-electron chi connectivity index (χ2n) is 44.4. The Morgan fingerprint density at radius 2 is 0.508 bits per heavy atom. The van der Waals surface area contributed by atoms with Crippen LogP contribution in [0.3, 0.4) is 0 Å². The lowest BCUT2D eigenvalue weighted by Crippen LogP contribution is -2.13. The van der Waals surface area contributed by atoms with E-state index in [0.717, 1.165) is 114 Å². The number of aryl methyl sites for hydroxylation is 12. The summed E-state index contributed by atoms with van der Waals surface area (Å²) in [5.41, 5.74) is 53.3. The number of nitrogens with zero attached hydrogens (tertiary/aromatic N) is 3. The van der Waals surface area contributed by atoms with E-state index in [2.05, 4.69) is 334 Å². The first-order valence-corrected chi connectivity index (χ1v) is 48.6. The van der Waals surface area contributed by atoms with Gasteiger partial charge in [0.1, 0.15) is 17.5 Å². The van der Waals surface area contributed by atoms with Gasteiger partial charge in [0, 0.05) is 68.5 Å². The number of fused-ring (bicyclic) bond motifs is 32. The third kappa shape index (κ3) is 14.8. The van der Waals surface area contributed by atoms with E-state index in [9.17, 15) is 0 Å². The van der Waals surface area contributed by atoms with Crippen LogP contribution in [-0.4, -0.2) is 34.9 Å². The zero-order valence-corrected chi connectivity index (χ0v) is 79.7. The highest BCUT2D eigenvalue weighted by atomic mass is 15.0. The molecule has 0 saturated heterocycles. The number of benzene rings is 12. The number of aromatic nitrogens is 7. The van der Waals surface area contributed by atoms with E-state index < -0.39 is 0 Å². The van der Waals surface area contributed by atoms with E-state index in [0.29, 0.717) is 23.7 Å². The second-order valence-corrected chi connectivity index (χ2v) is 44.4. The second kappa shape index (κ2) is 31.2. The molecule has 0 atom stereocenters. The van der Waals surface area contributed by atoms with Gasteiger partial charge in [-0.3, -0.25) is 0 Å². The molecule has 7 nitrogen and oxygen atoms in total. The summed E-state index contributed by atoms with van der Waals surface area (Å²) in [6.07, 6.45) is 17.8. The lowest BCUT2D eigenvalue weighted by Gasteiger charge is -2.28. The molecule has 0 unspecified atom stereocenters. The van der Waals surface area contributed by atoms with Gasteiger partial charge in [0.15, 0.2) is 0 Å². The van der Waals surface area contributed by atoms with Crippen LogP contribution >= 0.6 is 0 Å². The van der Waals surface area contributed by atoms with Gasteiger partial charge >= 0.3 is 0 Å². The van der Waals surface area contributed by atoms with Crippen LogP contribution < -0.4 is 0 Å². The summed E-state index contributed by atoms with van der Waals surface area (Å²) < 4.78 is 0. The van der Waals surface area contributed by atoms with Crippen molar-refractivity contribution in [2.24, 2.45) is 0 Å². The van der Waals surface area contributed by atoms with Gasteiger partial charge < -0.3 is 19.9 Å². The largest absolute Gasteiger partial charge is 0.358 e. The third-order valence-electron chi connectivity index (χ3n) is 30.3. The summed E-state index contributed by atoms with van der Waals surface area (Å²) in [4.78, 5) is 29.5. The van der Waals surface area contributed by atoms with Crippen LogP contribution in [0.5, 0.6) is 0 Å². The van der Waals surface area contributed by atoms with Crippen LogP contribution in [0.25, 0.3) is 133 Å². The minimum Gasteiger partial charge on any atom is -0.358 e. The first-order chi connectivity index (χ1) is 61.2. The molecule has 4 aromatic heterocycles. The van der Waals surface area contributed by atoms with E-state index in [1.807, 2.05) is 0 Å². The molecular formula is C121H129N7. The van der Waals surface area contributed by atoms with Crippen molar-refractivity contribution in [3.05, 3.63) is 311 Å². The highest BCUT2D eigenvalue weighted by Gasteiger charge is 2.34. The average molecular weight is 1680 g/mol. The Labute approximate surface area is 759 Å². The standard InChI is InChI=1S/C31H33N.3C30H32N2/c1-18(2)29-17-20-7-10-27-26-13-12-23-22-11-8-21(31(3,4)5)16-19(22)6-9-24(23)25(26)14-15-28(27)30(20)32-29;1-17(2)29-31-27-13-8-20-15-25-19(16-26(20)28(27)32-29)7-10-23-22-12-9-21(30(3,4)5)14-18(22)6-11-24(23)25;1-17(2)29-31-27-13-12-23-22-9-7-19-14-20-15-21(30(3,4)5)8-6-18(20)16-26(19)24(22)10-11-25(23)28(27)32-29;1-17(2)29-31-27-11-9-21-15-25-20(16-26(21)28(27)32-29)7-6-19-12-22-13-23(30(3,4)5)10-8-18(22)14-24(19)25/h6,8-9,11,14-18,32H,7,10,12-13H2,1-5H3;6,9,11-12,14-17H,7-8,10,13H2,1-5H3,(H,31,32);6,8,10-11,14-17H,7,9,12-13H2,1-5H3,(H,31,32);8,10,12-17H,6-7,9,11H2,1-5H3,(H,31,32). The van der Waals surface area contributed by atoms with Crippen LogP contribution in [0.1, 0.15) is 297 Å². The molecule has 0 fully saturated rings. The van der Waals surface area contributed by atoms with E-state index in [1.54, 1.807) is 16.7 Å². The quantitative estimate of drug-likeness (QED) is 0.141. The Hall–Kier alpha value is -11.4. The minimum atomic E-state index is 0.177. The molecule has 7 heteroatoms. The number of imidazole rings is 3. The molecule has 8 aliphatic carbocycles. The number of nitrogens with one attached hydrogen (secondary N) is 4. The van der Waals surface area contributed by atoms with Crippen LogP contribution in [0, 0.1) is 0 Å². The normalized spacial score (nSPS) is 14.8. The van der Waals surface area contributed by atoms with Crippen molar-refractivity contribution < 1.29 is 0 Å². The molecule has 0 amide bonds. The molecule has 128 heavy (non-hydrogen) atoms. The van der Waals surface area contributed by atoms with Gasteiger partial charge in [-0.15, -0.1) is 0 Å². The van der Waals surface area contributed by atoms with Crippen molar-refractivity contribution in [3.63, 3.8) is 0 Å². The van der Waals surface area contributed by atoms with Gasteiger partial charge in [0.05, 0.1) is 17.1 Å². The molecule has 0 spiro atoms. The number of H-pyrrole nitrogens is 4. The fourth-order valence-electron chi connectivity index (χ4n) is 22.6. The highest BCUT2D eigenvalue weighted by molar-refractivity contribution is 5.98. The summed E-state index contributed by atoms with van der Waals surface area (Å²) in [5.74, 6) is 5.19. The lowest BCUT2D eigenvalue weighted by molar-refractivity contribution is 0.591. The topological polar surface area (TPSA) is 102 Å². The molecule has 4 heterocycles. The van der Waals surface area contributed by atoms with Gasteiger partial charge in [-0.05, 0) is 343 Å². The highest BCUT2D eigenvalue weighted by Crippen LogP contribution is 2.51. The van der Waals surface area contributed by atoms with Crippen molar-refractivity contribution in [3.8, 4) is 89.5 Å². The van der Waals surface area contributed by atoms with Gasteiger partial charge in [0.2, 0.25) is 0 Å². The zero-order valence-electron chi connectivity index (χ0n) is 79.7. The predicted octanol–water partition coefficient (Wildman–Crippen LogP) is 30.7. The number of hydrogen-bond donors (Lipinski definition) is 4. The van der Waals surface area contributed by atoms with Crippen molar-refractivity contribution in [1.29, 1.82) is 0 Å². The maximum atomic E-state index is 5.00. The van der Waals surface area contributed by atoms with Crippen LogP contribution in [0.4, 0.5) is 0 Å². The number of aromatic amines is 4. The predicted molar refractivity (Wildman–Crippen MR) is 540 cm³/mol. The van der Waals surface area contributed by atoms with Crippen LogP contribution in [0.15, 0.2) is 176 Å². The summed E-state index contributed by atoms with van der Waals surface area (Å²) >= 11 is 0. The molecular weight excluding hydrogens is 1550 g/mol. The molecule has 0 radical (unpaired) electrons. The molecule has 24 rings (SSSR count). The van der Waals surface area contributed by atoms with Gasteiger partial charge in [-0.1, -0.05) is 284 Å². The molecule has 12 aromatic carbocycles. The molecule has 0 bridgehead atoms. The van der Waals surface area contributed by atoms with Crippen molar-refractivity contribution in [2.45, 2.75) is 287 Å². The smallest absolute Gasteiger partial charge is 0.109 e. The summed E-state index contributed by atoms with van der Waals surface area (Å²) in [6, 6.07) is 69.1. The molecule has 0 aliphatic heterocycles. The summed E-state index contributed by atoms with van der Waals surface area (Å²) in [6.45, 7) is 45.3. The van der Waals surface area contributed by atoms with Crippen molar-refractivity contribution in [1.82, 2.24) is 34.9 Å². The maximum Gasteiger partial charge on any atom is 0.109 e. The first kappa shape index (κ1) is 83.5. The van der Waals surface area contributed by atoms with Crippen molar-refractivity contribution in [2.75, 3.05) is 0 Å². The molecule has 8 aliphatic rings. The van der Waals surface area contributed by atoms with E-state index in [-0.39, 0.29) is 21.7 Å². The number of rotatable bonds is 4. The Bertz CT molecular complexity index is 6700. The van der Waals surface area contributed by atoms with Crippen molar-refractivity contribution >= 4 is 43.1 Å². The molecule has 4 N–H and O–H groups in total. The fraction of sp³-hybridized carbons (Fsp3) is 0.364. The monoisotopic (exact) mass is 1680 g/mol. The lowest BCUT2D eigenvalue weighted by atomic mass is 9.76. The minimum absolute atomic E-state index is 0.177. The Morgan fingerprint density at radius 3 is 0.977 bits per heavy atom. The zero-order chi connectivity index (χ0) is 88.8. The summed E-state index contributed by atoms with van der Waals surface area (Å²) in [7, 11) is 0. The van der Waals surface area contributed by atoms with Crippen LogP contribution in [0.2, 0.25) is 0 Å². The SMILES string of the molecule is CC(C)c1cc2c([nH]1)-c1ccc3c(c1CC2)CCc1c-3ccc2cc(C(C)(C)C)ccc12.CC(C)c1nc2c([nH]1)CCc1c-2ccc2c1CCc1cc3cc(C(C)(C)C)ccc3cc1-2.CC(C)c1nc2c([nH]1)CCc1cc3c(cc1-2)CCc1c-3ccc2cc(C(C)(C)C)ccc12.CC(C)c1nc2c([nH]1)CCc1cc3c(cc1-2)CCc1cc2cc(C(C)(C)C)ccc2cc1-3. The average Bonchev–Trinajstić information content (AvgIpc) is 1.19. The fourth-order valence-corrected chi connectivity index (χ4v) is 22.6. The Balaban J connectivity index is 0.000000104. The first-order valence-electron chi connectivity index (χ1n) is 48.6. The van der Waals surface area contributed by atoms with E-state index >= 15 is 0 Å². The van der Waals surface area contributed by atoms with Crippen LogP contribution in [-0.2, 0) is 124 Å². The van der Waals surface area contributed by atoms with E-state index in [4.69, 9.17) is 15.0 Å². The Kier molecular flexibility index (Phi) is 20.3. The van der Waals surface area contributed by atoms with Gasteiger partial charge in [-0.2, -0.15) is 0 Å². The van der Waals surface area contributed by atoms with E-state index in [1.165, 1.54) is 240 Å². The maximum absolute atomic E-state index is 5.00. The molecule has 16 aromatic rings. The number of hydrogen-bond acceptors (Lipinski definition) is 3. The Morgan fingerprint density at radius 1 is 0.219 bits per heavy atom. The molecule has 0 saturated carbocycles. The third-order valence-corrected chi connectivity index (χ3v) is 30.3. The van der Waals surface area contributed by atoms with Gasteiger partial charge in [-0.25, -0.2) is 15.0 Å².